The highest BCUT2D eigenvalue weighted by Gasteiger charge is 2.37. The maximum atomic E-state index is 12.3. The van der Waals surface area contributed by atoms with E-state index < -0.39 is 0 Å². The van der Waals surface area contributed by atoms with Crippen LogP contribution < -0.4 is 5.73 Å². The monoisotopic (exact) mass is 248 g/mol. The molecular weight excluding hydrogens is 228 g/mol. The molecule has 18 heavy (non-hydrogen) atoms. The zero-order chi connectivity index (χ0) is 12.5. The van der Waals surface area contributed by atoms with Crippen molar-refractivity contribution < 1.29 is 4.79 Å². The summed E-state index contributed by atoms with van der Waals surface area (Å²) in [6.07, 6.45) is 8.01. The molecule has 2 heterocycles. The van der Waals surface area contributed by atoms with Crippen LogP contribution in [0.25, 0.3) is 0 Å². The largest absolute Gasteiger partial charge is 0.382 e. The van der Waals surface area contributed by atoms with E-state index >= 15 is 0 Å². The number of hydrogen-bond acceptors (Lipinski definition) is 3. The van der Waals surface area contributed by atoms with Crippen molar-refractivity contribution in [3.8, 4) is 0 Å². The Morgan fingerprint density at radius 2 is 2.22 bits per heavy atom. The van der Waals surface area contributed by atoms with Gasteiger partial charge in [0.05, 0.1) is 0 Å². The number of nitrogens with zero attached hydrogens (tertiary/aromatic N) is 3. The highest BCUT2D eigenvalue weighted by Crippen LogP contribution is 2.36. The number of likely N-dealkylation sites (tertiary alicyclic amines) is 1. The number of carbonyl (C=O) groups excluding carboxylic acids is 1. The van der Waals surface area contributed by atoms with Gasteiger partial charge in [0.15, 0.2) is 0 Å². The van der Waals surface area contributed by atoms with Gasteiger partial charge in [-0.1, -0.05) is 12.8 Å². The van der Waals surface area contributed by atoms with Gasteiger partial charge in [0.2, 0.25) is 5.91 Å². The van der Waals surface area contributed by atoms with Gasteiger partial charge in [-0.15, -0.1) is 0 Å². The minimum Gasteiger partial charge on any atom is -0.382 e. The molecule has 1 saturated heterocycles. The fourth-order valence-electron chi connectivity index (χ4n) is 3.41. The molecule has 3 rings (SSSR count). The Kier molecular flexibility index (Phi) is 2.97. The van der Waals surface area contributed by atoms with Crippen LogP contribution in [0.4, 0.5) is 5.82 Å². The number of carbonyl (C=O) groups is 1. The molecule has 1 aliphatic carbocycles. The molecule has 2 fully saturated rings. The van der Waals surface area contributed by atoms with E-state index in [0.29, 0.717) is 18.4 Å². The van der Waals surface area contributed by atoms with E-state index in [1.165, 1.54) is 32.1 Å². The van der Waals surface area contributed by atoms with Crippen molar-refractivity contribution in [1.82, 2.24) is 14.7 Å². The normalized spacial score (nSPS) is 27.2. The van der Waals surface area contributed by atoms with Crippen LogP contribution in [-0.2, 0) is 11.3 Å². The van der Waals surface area contributed by atoms with Gasteiger partial charge in [-0.2, -0.15) is 5.10 Å². The zero-order valence-electron chi connectivity index (χ0n) is 10.6. The van der Waals surface area contributed by atoms with Gasteiger partial charge in [-0.3, -0.25) is 9.48 Å². The number of anilines is 1. The lowest BCUT2D eigenvalue weighted by atomic mass is 9.85. The second kappa shape index (κ2) is 4.63. The Morgan fingerprint density at radius 3 is 3.00 bits per heavy atom. The summed E-state index contributed by atoms with van der Waals surface area (Å²) >= 11 is 0. The van der Waals surface area contributed by atoms with E-state index in [9.17, 15) is 4.79 Å². The van der Waals surface area contributed by atoms with Crippen LogP contribution in [0.2, 0.25) is 0 Å². The number of aromatic nitrogens is 2. The number of nitrogens with two attached hydrogens (primary N) is 1. The number of fused-ring (bicyclic) bond motifs is 1. The quantitative estimate of drug-likeness (QED) is 0.857. The third kappa shape index (κ3) is 2.09. The molecule has 5 heteroatoms. The molecule has 2 unspecified atom stereocenters. The molecule has 0 radical (unpaired) electrons. The number of rotatable bonds is 2. The van der Waals surface area contributed by atoms with Crippen molar-refractivity contribution in [3.05, 3.63) is 12.3 Å². The van der Waals surface area contributed by atoms with Crippen LogP contribution in [-0.4, -0.2) is 33.2 Å². The second-order valence-electron chi connectivity index (χ2n) is 5.43. The number of amides is 1. The Balaban J connectivity index is 1.65. The molecule has 2 atom stereocenters. The molecule has 5 nitrogen and oxygen atoms in total. The van der Waals surface area contributed by atoms with E-state index in [1.54, 1.807) is 16.9 Å². The molecule has 1 aliphatic heterocycles. The third-order valence-corrected chi connectivity index (χ3v) is 4.29. The van der Waals surface area contributed by atoms with Crippen molar-refractivity contribution in [2.24, 2.45) is 5.92 Å². The van der Waals surface area contributed by atoms with Gasteiger partial charge in [-0.05, 0) is 31.2 Å². The fourth-order valence-corrected chi connectivity index (χ4v) is 3.41. The summed E-state index contributed by atoms with van der Waals surface area (Å²) in [6, 6.07) is 2.21. The van der Waals surface area contributed by atoms with Crippen LogP contribution in [0, 0.1) is 5.92 Å². The minimum absolute atomic E-state index is 0.188. The highest BCUT2D eigenvalue weighted by molar-refractivity contribution is 5.76. The van der Waals surface area contributed by atoms with Gasteiger partial charge in [-0.25, -0.2) is 0 Å². The summed E-state index contributed by atoms with van der Waals surface area (Å²) in [4.78, 5) is 14.4. The van der Waals surface area contributed by atoms with Gasteiger partial charge in [0.25, 0.3) is 0 Å². The Bertz CT molecular complexity index is 442. The average Bonchev–Trinajstić information content (AvgIpc) is 2.95. The molecule has 1 aromatic rings. The van der Waals surface area contributed by atoms with E-state index in [2.05, 4.69) is 10.00 Å². The average molecular weight is 248 g/mol. The van der Waals surface area contributed by atoms with E-state index in [4.69, 9.17) is 5.73 Å². The first-order valence-electron chi connectivity index (χ1n) is 6.82. The zero-order valence-corrected chi connectivity index (χ0v) is 10.6. The van der Waals surface area contributed by atoms with Gasteiger partial charge < -0.3 is 10.6 Å². The molecule has 1 saturated carbocycles. The van der Waals surface area contributed by atoms with Crippen molar-refractivity contribution >= 4 is 11.7 Å². The van der Waals surface area contributed by atoms with Gasteiger partial charge in [0.1, 0.15) is 12.4 Å². The van der Waals surface area contributed by atoms with Gasteiger partial charge >= 0.3 is 0 Å². The molecule has 0 aromatic carbocycles. The molecule has 1 amide bonds. The van der Waals surface area contributed by atoms with E-state index in [0.717, 1.165) is 12.5 Å². The molecule has 2 aliphatic rings. The van der Waals surface area contributed by atoms with Crippen LogP contribution in [0.1, 0.15) is 32.1 Å². The predicted octanol–water partition coefficient (Wildman–Crippen LogP) is 1.26. The molecule has 0 bridgehead atoms. The minimum atomic E-state index is 0.188. The Hall–Kier alpha value is -1.52. The van der Waals surface area contributed by atoms with Crippen LogP contribution in [0.5, 0.6) is 0 Å². The lowest BCUT2D eigenvalue weighted by molar-refractivity contribution is -0.133. The number of hydrogen-bond donors (Lipinski definition) is 1. The lowest BCUT2D eigenvalue weighted by Crippen LogP contribution is -2.41. The Morgan fingerprint density at radius 1 is 1.39 bits per heavy atom. The van der Waals surface area contributed by atoms with Crippen molar-refractivity contribution in [2.45, 2.75) is 44.7 Å². The first kappa shape index (κ1) is 11.6. The van der Waals surface area contributed by atoms with E-state index in [-0.39, 0.29) is 5.91 Å². The summed E-state index contributed by atoms with van der Waals surface area (Å²) in [7, 11) is 0. The Labute approximate surface area is 107 Å². The fraction of sp³-hybridized carbons (Fsp3) is 0.692. The molecule has 1 aromatic heterocycles. The van der Waals surface area contributed by atoms with Crippen LogP contribution in [0.15, 0.2) is 12.3 Å². The number of nitrogen functional groups attached to an aromatic ring is 1. The summed E-state index contributed by atoms with van der Waals surface area (Å²) in [6.45, 7) is 1.24. The molecular formula is C13H20N4O. The summed E-state index contributed by atoms with van der Waals surface area (Å²) < 4.78 is 1.63. The maximum absolute atomic E-state index is 12.3. The van der Waals surface area contributed by atoms with Crippen molar-refractivity contribution in [2.75, 3.05) is 12.3 Å². The molecule has 98 valence electrons. The van der Waals surface area contributed by atoms with Crippen LogP contribution in [0.3, 0.4) is 0 Å². The SMILES string of the molecule is Nc1ccn(CC(=O)N2CCC3CCCCC32)n1. The van der Waals surface area contributed by atoms with E-state index in [1.807, 2.05) is 0 Å². The summed E-state index contributed by atoms with van der Waals surface area (Å²) in [5.74, 6) is 1.40. The smallest absolute Gasteiger partial charge is 0.244 e. The molecule has 2 N–H and O–H groups in total. The van der Waals surface area contributed by atoms with Crippen molar-refractivity contribution in [3.63, 3.8) is 0 Å². The lowest BCUT2D eigenvalue weighted by Gasteiger charge is -2.31. The second-order valence-corrected chi connectivity index (χ2v) is 5.43. The summed E-state index contributed by atoms with van der Waals surface area (Å²) in [5.41, 5.74) is 5.56. The maximum Gasteiger partial charge on any atom is 0.244 e. The van der Waals surface area contributed by atoms with Crippen LogP contribution >= 0.6 is 0 Å². The predicted molar refractivity (Wildman–Crippen MR) is 68.7 cm³/mol. The standard InChI is InChI=1S/C13H20N4O/c14-12-6-7-16(15-12)9-13(18)17-8-5-10-3-1-2-4-11(10)17/h6-7,10-11H,1-5,8-9H2,(H2,14,15). The molecule has 0 spiro atoms. The third-order valence-electron chi connectivity index (χ3n) is 4.29. The first-order valence-corrected chi connectivity index (χ1v) is 6.82. The first-order chi connectivity index (χ1) is 8.74. The van der Waals surface area contributed by atoms with Gasteiger partial charge in [0, 0.05) is 18.8 Å². The van der Waals surface area contributed by atoms with Crippen molar-refractivity contribution in [1.29, 1.82) is 0 Å². The highest BCUT2D eigenvalue weighted by atomic mass is 16.2. The topological polar surface area (TPSA) is 64.2 Å². The summed E-state index contributed by atoms with van der Waals surface area (Å²) in [5, 5.41) is 4.07.